The summed E-state index contributed by atoms with van der Waals surface area (Å²) >= 11 is 1.29. The first-order valence-corrected chi connectivity index (χ1v) is 11.1. The summed E-state index contributed by atoms with van der Waals surface area (Å²) in [5.41, 5.74) is 3.49. The summed E-state index contributed by atoms with van der Waals surface area (Å²) in [5, 5.41) is 2.07. The molecular formula is C23H25N3O3S. The van der Waals surface area contributed by atoms with Crippen molar-refractivity contribution in [2.45, 2.75) is 36.8 Å². The average Bonchev–Trinajstić information content (AvgIpc) is 3.28. The number of carbonyl (C=O) groups is 3. The van der Waals surface area contributed by atoms with Gasteiger partial charge in [-0.05, 0) is 56.0 Å². The number of benzene rings is 2. The highest BCUT2D eigenvalue weighted by Gasteiger charge is 2.41. The van der Waals surface area contributed by atoms with Crippen LogP contribution >= 0.6 is 11.8 Å². The molecule has 2 heterocycles. The number of rotatable bonds is 4. The largest absolute Gasteiger partial charge is 0.341 e. The Hall–Kier alpha value is -2.80. The first kappa shape index (κ1) is 20.5. The van der Waals surface area contributed by atoms with Gasteiger partial charge in [0, 0.05) is 23.7 Å². The lowest BCUT2D eigenvalue weighted by Crippen LogP contribution is -2.51. The van der Waals surface area contributed by atoms with Gasteiger partial charge >= 0.3 is 0 Å². The van der Waals surface area contributed by atoms with E-state index in [1.54, 1.807) is 4.90 Å². The topological polar surface area (TPSA) is 69.7 Å². The van der Waals surface area contributed by atoms with Gasteiger partial charge in [0.2, 0.25) is 11.8 Å². The fourth-order valence-corrected chi connectivity index (χ4v) is 5.05. The van der Waals surface area contributed by atoms with Crippen LogP contribution in [0.5, 0.6) is 0 Å². The van der Waals surface area contributed by atoms with Crippen LogP contribution in [0.4, 0.5) is 11.4 Å². The maximum absolute atomic E-state index is 13.3. The molecule has 0 aliphatic carbocycles. The number of hydrogen-bond acceptors (Lipinski definition) is 4. The van der Waals surface area contributed by atoms with Crippen LogP contribution in [0.25, 0.3) is 0 Å². The minimum atomic E-state index is -0.841. The Morgan fingerprint density at radius 3 is 2.57 bits per heavy atom. The Morgan fingerprint density at radius 2 is 1.80 bits per heavy atom. The van der Waals surface area contributed by atoms with Crippen LogP contribution in [-0.4, -0.2) is 47.5 Å². The molecule has 0 spiro atoms. The first-order chi connectivity index (χ1) is 14.5. The van der Waals surface area contributed by atoms with Crippen molar-refractivity contribution in [2.24, 2.45) is 0 Å². The Morgan fingerprint density at radius 1 is 1.07 bits per heavy atom. The number of hydrogen-bond donors (Lipinski definition) is 1. The number of para-hydroxylation sites is 1. The second kappa shape index (κ2) is 8.52. The quantitative estimate of drug-likeness (QED) is 0.766. The van der Waals surface area contributed by atoms with Gasteiger partial charge in [-0.3, -0.25) is 14.4 Å². The summed E-state index contributed by atoms with van der Waals surface area (Å²) in [6.45, 7) is 5.19. The van der Waals surface area contributed by atoms with Crippen molar-refractivity contribution in [2.75, 3.05) is 29.9 Å². The zero-order chi connectivity index (χ0) is 21.3. The van der Waals surface area contributed by atoms with Gasteiger partial charge < -0.3 is 15.1 Å². The zero-order valence-corrected chi connectivity index (χ0v) is 18.0. The van der Waals surface area contributed by atoms with E-state index < -0.39 is 5.25 Å². The Balaban J connectivity index is 1.57. The van der Waals surface area contributed by atoms with Gasteiger partial charge in [-0.1, -0.05) is 24.3 Å². The molecule has 0 bridgehead atoms. The minimum absolute atomic E-state index is 0.131. The van der Waals surface area contributed by atoms with E-state index in [4.69, 9.17) is 0 Å². The van der Waals surface area contributed by atoms with Crippen molar-refractivity contribution in [3.05, 3.63) is 53.6 Å². The van der Waals surface area contributed by atoms with E-state index >= 15 is 0 Å². The number of likely N-dealkylation sites (tertiary alicyclic amines) is 1. The molecule has 2 aliphatic rings. The third-order valence-electron chi connectivity index (χ3n) is 5.71. The normalized spacial score (nSPS) is 18.3. The molecule has 1 atom stereocenters. The molecule has 2 aromatic rings. The molecule has 0 aromatic heterocycles. The number of nitrogens with zero attached hydrogens (tertiary/aromatic N) is 2. The molecule has 0 saturated carbocycles. The van der Waals surface area contributed by atoms with Gasteiger partial charge in [-0.25, -0.2) is 0 Å². The lowest BCUT2D eigenvalue weighted by Gasteiger charge is -2.34. The van der Waals surface area contributed by atoms with E-state index in [1.807, 2.05) is 56.3 Å². The van der Waals surface area contributed by atoms with Crippen LogP contribution in [0.3, 0.4) is 0 Å². The Labute approximate surface area is 180 Å². The highest BCUT2D eigenvalue weighted by Crippen LogP contribution is 2.40. The van der Waals surface area contributed by atoms with Crippen molar-refractivity contribution in [1.29, 1.82) is 0 Å². The predicted molar refractivity (Wildman–Crippen MR) is 119 cm³/mol. The SMILES string of the molecule is Cc1cccc(NC(=O)CN2C(=O)C(C(=O)N3CCCC3)Sc3ccccc32)c1C. The molecule has 1 fully saturated rings. The standard InChI is InChI=1S/C23H25N3O3S/c1-15-8-7-9-17(16(15)2)24-20(27)14-26-18-10-3-4-11-19(18)30-21(23(26)29)22(28)25-12-5-6-13-25/h3-4,7-11,21H,5-6,12-14H2,1-2H3,(H,24,27). The molecule has 2 aliphatic heterocycles. The molecule has 4 rings (SSSR count). The predicted octanol–water partition coefficient (Wildman–Crippen LogP) is 3.37. The van der Waals surface area contributed by atoms with E-state index in [0.29, 0.717) is 18.8 Å². The van der Waals surface area contributed by atoms with Crippen LogP contribution in [0.2, 0.25) is 0 Å². The van der Waals surface area contributed by atoms with Crippen LogP contribution in [0, 0.1) is 13.8 Å². The second-order valence-electron chi connectivity index (χ2n) is 7.72. The number of thioether (sulfide) groups is 1. The van der Waals surface area contributed by atoms with Crippen LogP contribution in [0.15, 0.2) is 47.4 Å². The second-order valence-corrected chi connectivity index (χ2v) is 8.86. The van der Waals surface area contributed by atoms with Crippen molar-refractivity contribution < 1.29 is 14.4 Å². The van der Waals surface area contributed by atoms with Crippen molar-refractivity contribution in [1.82, 2.24) is 4.90 Å². The molecule has 3 amide bonds. The molecule has 1 unspecified atom stereocenters. The summed E-state index contributed by atoms with van der Waals surface area (Å²) in [6, 6.07) is 13.2. The van der Waals surface area contributed by atoms with E-state index in [0.717, 1.165) is 34.6 Å². The van der Waals surface area contributed by atoms with Crippen LogP contribution in [0.1, 0.15) is 24.0 Å². The van der Waals surface area contributed by atoms with Gasteiger partial charge in [0.05, 0.1) is 5.69 Å². The number of carbonyl (C=O) groups excluding carboxylic acids is 3. The Kier molecular flexibility index (Phi) is 5.81. The van der Waals surface area contributed by atoms with Crippen LogP contribution < -0.4 is 10.2 Å². The Bertz CT molecular complexity index is 1000. The van der Waals surface area contributed by atoms with Gasteiger partial charge in [0.1, 0.15) is 6.54 Å². The van der Waals surface area contributed by atoms with Gasteiger partial charge in [-0.15, -0.1) is 11.8 Å². The highest BCUT2D eigenvalue weighted by atomic mass is 32.2. The molecule has 156 valence electrons. The van der Waals surface area contributed by atoms with E-state index in [2.05, 4.69) is 5.32 Å². The molecular weight excluding hydrogens is 398 g/mol. The number of anilines is 2. The highest BCUT2D eigenvalue weighted by molar-refractivity contribution is 8.01. The van der Waals surface area contributed by atoms with Gasteiger partial charge in [-0.2, -0.15) is 0 Å². The lowest BCUT2D eigenvalue weighted by molar-refractivity contribution is -0.134. The molecule has 0 radical (unpaired) electrons. The molecule has 1 N–H and O–H groups in total. The third-order valence-corrected chi connectivity index (χ3v) is 6.95. The first-order valence-electron chi connectivity index (χ1n) is 10.2. The number of amides is 3. The maximum Gasteiger partial charge on any atom is 0.250 e. The molecule has 1 saturated heterocycles. The molecule has 2 aromatic carbocycles. The molecule has 7 heteroatoms. The average molecular weight is 424 g/mol. The summed E-state index contributed by atoms with van der Waals surface area (Å²) in [4.78, 5) is 43.1. The molecule has 30 heavy (non-hydrogen) atoms. The minimum Gasteiger partial charge on any atom is -0.341 e. The summed E-state index contributed by atoms with van der Waals surface area (Å²) < 4.78 is 0. The van der Waals surface area contributed by atoms with E-state index in [1.165, 1.54) is 16.7 Å². The number of fused-ring (bicyclic) bond motifs is 1. The number of aryl methyl sites for hydroxylation is 1. The van der Waals surface area contributed by atoms with E-state index in [-0.39, 0.29) is 24.3 Å². The van der Waals surface area contributed by atoms with Crippen molar-refractivity contribution in [3.63, 3.8) is 0 Å². The zero-order valence-electron chi connectivity index (χ0n) is 17.2. The summed E-state index contributed by atoms with van der Waals surface area (Å²) in [5.74, 6) is -0.769. The van der Waals surface area contributed by atoms with Crippen molar-refractivity contribution >= 4 is 40.9 Å². The number of nitrogens with one attached hydrogen (secondary N) is 1. The fourth-order valence-electron chi connectivity index (χ4n) is 3.86. The third kappa shape index (κ3) is 3.94. The van der Waals surface area contributed by atoms with Gasteiger partial charge in [0.15, 0.2) is 5.25 Å². The van der Waals surface area contributed by atoms with Gasteiger partial charge in [0.25, 0.3) is 5.91 Å². The lowest BCUT2D eigenvalue weighted by atomic mass is 10.1. The van der Waals surface area contributed by atoms with E-state index in [9.17, 15) is 14.4 Å². The van der Waals surface area contributed by atoms with Crippen molar-refractivity contribution in [3.8, 4) is 0 Å². The maximum atomic E-state index is 13.3. The monoisotopic (exact) mass is 423 g/mol. The summed E-state index contributed by atoms with van der Waals surface area (Å²) in [7, 11) is 0. The smallest absolute Gasteiger partial charge is 0.250 e. The molecule has 6 nitrogen and oxygen atoms in total. The fraction of sp³-hybridized carbons (Fsp3) is 0.348. The van der Waals surface area contributed by atoms with Crippen LogP contribution in [-0.2, 0) is 14.4 Å². The summed E-state index contributed by atoms with van der Waals surface area (Å²) in [6.07, 6.45) is 1.94.